The van der Waals surface area contributed by atoms with E-state index in [0.717, 1.165) is 0 Å². The normalized spacial score (nSPS) is 16.6. The first-order chi connectivity index (χ1) is 4.63. The van der Waals surface area contributed by atoms with Crippen LogP contribution in [-0.4, -0.2) is 32.2 Å². The van der Waals surface area contributed by atoms with Gasteiger partial charge in [0.2, 0.25) is 8.32 Å². The molecule has 1 unspecified atom stereocenters. The Labute approximate surface area is 70.4 Å². The van der Waals surface area contributed by atoms with Crippen molar-refractivity contribution in [2.75, 3.05) is 0 Å². The lowest BCUT2D eigenvalue weighted by atomic mass is 10.9. The molecular weight excluding hydrogens is 176 g/mol. The van der Waals surface area contributed by atoms with Crippen LogP contribution in [0, 0.1) is 0 Å². The van der Waals surface area contributed by atoms with E-state index >= 15 is 0 Å². The van der Waals surface area contributed by atoms with Gasteiger partial charge in [-0.05, 0) is 33.1 Å². The Bertz CT molecular complexity index is 125. The molecule has 11 heavy (non-hydrogen) atoms. The maximum atomic E-state index is 9.57. The van der Waals surface area contributed by atoms with E-state index in [2.05, 4.69) is 0 Å². The summed E-state index contributed by atoms with van der Waals surface area (Å²) in [6.07, 6.45) is 0. The van der Waals surface area contributed by atoms with Crippen molar-refractivity contribution in [1.82, 2.24) is 0 Å². The second-order valence-corrected chi connectivity index (χ2v) is 11.1. The fourth-order valence-corrected chi connectivity index (χ4v) is 3.46. The Hall–Kier alpha value is 0.314. The average molecular weight is 194 g/mol. The van der Waals surface area contributed by atoms with Gasteiger partial charge in [0.05, 0.1) is 5.73 Å². The molecule has 5 heteroatoms. The minimum Gasteiger partial charge on any atom is -0.430 e. The van der Waals surface area contributed by atoms with Crippen molar-refractivity contribution in [3.05, 3.63) is 0 Å². The fourth-order valence-electron chi connectivity index (χ4n) is 0.577. The van der Waals surface area contributed by atoms with E-state index in [9.17, 15) is 9.59 Å². The molecule has 0 heterocycles. The van der Waals surface area contributed by atoms with E-state index in [-0.39, 0.29) is 5.73 Å². The largest absolute Gasteiger partial charge is 0.430 e. The van der Waals surface area contributed by atoms with E-state index in [0.29, 0.717) is 0 Å². The van der Waals surface area contributed by atoms with Crippen LogP contribution >= 0.6 is 0 Å². The van der Waals surface area contributed by atoms with Crippen molar-refractivity contribution in [3.8, 4) is 0 Å². The predicted octanol–water partition coefficient (Wildman–Crippen LogP) is 0.822. The van der Waals surface area contributed by atoms with Crippen LogP contribution in [0.1, 0.15) is 6.92 Å². The number of hydrogen-bond acceptors (Lipinski definition) is 3. The van der Waals surface area contributed by atoms with Crippen LogP contribution in [0.25, 0.3) is 0 Å². The lowest BCUT2D eigenvalue weighted by Gasteiger charge is -2.28. The van der Waals surface area contributed by atoms with Gasteiger partial charge in [-0.25, -0.2) is 0 Å². The zero-order chi connectivity index (χ0) is 9.28. The van der Waals surface area contributed by atoms with Gasteiger partial charge in [0.15, 0.2) is 0 Å². The van der Waals surface area contributed by atoms with Gasteiger partial charge in [-0.1, -0.05) is 0 Å². The quantitative estimate of drug-likeness (QED) is 0.654. The Balaban J connectivity index is 3.99. The van der Waals surface area contributed by atoms with Crippen LogP contribution in [0.4, 0.5) is 0 Å². The third kappa shape index (κ3) is 5.57. The van der Waals surface area contributed by atoms with Crippen LogP contribution in [0.3, 0.4) is 0 Å². The Kier molecular flexibility index (Phi) is 3.46. The van der Waals surface area contributed by atoms with Gasteiger partial charge >= 0.3 is 8.56 Å². The summed E-state index contributed by atoms with van der Waals surface area (Å²) >= 11 is 0. The maximum absolute atomic E-state index is 9.57. The fraction of sp³-hybridized carbons (Fsp3) is 1.00. The second kappa shape index (κ2) is 3.36. The molecular formula is C6H18O3Si2. The molecule has 0 aliphatic heterocycles. The summed E-state index contributed by atoms with van der Waals surface area (Å²) in [5, 5.41) is 0. The zero-order valence-electron chi connectivity index (χ0n) is 7.88. The summed E-state index contributed by atoms with van der Waals surface area (Å²) in [7, 11) is -4.67. The standard InChI is InChI=1S/C6H18O3Si2/c1-6(10(2,3)7)9-11(4,5)8/h6-8H,1-5H3. The van der Waals surface area contributed by atoms with E-state index in [4.69, 9.17) is 4.43 Å². The van der Waals surface area contributed by atoms with Gasteiger partial charge in [-0.15, -0.1) is 0 Å². The highest BCUT2D eigenvalue weighted by Gasteiger charge is 2.32. The number of hydrogen-bond donors (Lipinski definition) is 2. The minimum atomic E-state index is -2.46. The van der Waals surface area contributed by atoms with Gasteiger partial charge in [0.25, 0.3) is 0 Å². The Morgan fingerprint density at radius 2 is 1.45 bits per heavy atom. The molecule has 0 bridgehead atoms. The van der Waals surface area contributed by atoms with E-state index in [1.807, 2.05) is 6.92 Å². The van der Waals surface area contributed by atoms with Gasteiger partial charge in [0.1, 0.15) is 0 Å². The molecule has 0 fully saturated rings. The highest BCUT2D eigenvalue weighted by atomic mass is 28.4. The minimum absolute atomic E-state index is 0.186. The second-order valence-electron chi connectivity index (χ2n) is 3.86. The molecule has 0 aromatic carbocycles. The molecule has 68 valence electrons. The summed E-state index contributed by atoms with van der Waals surface area (Å²) < 4.78 is 5.31. The van der Waals surface area contributed by atoms with Crippen molar-refractivity contribution in [1.29, 1.82) is 0 Å². The van der Waals surface area contributed by atoms with Gasteiger partial charge < -0.3 is 14.0 Å². The van der Waals surface area contributed by atoms with E-state index < -0.39 is 16.9 Å². The van der Waals surface area contributed by atoms with Crippen molar-refractivity contribution in [3.63, 3.8) is 0 Å². The molecule has 0 spiro atoms. The van der Waals surface area contributed by atoms with Crippen molar-refractivity contribution in [2.24, 2.45) is 0 Å². The van der Waals surface area contributed by atoms with E-state index in [1.165, 1.54) is 0 Å². The number of rotatable bonds is 3. The summed E-state index contributed by atoms with van der Waals surface area (Å²) in [5.41, 5.74) is -0.186. The Morgan fingerprint density at radius 3 is 1.55 bits per heavy atom. The monoisotopic (exact) mass is 194 g/mol. The zero-order valence-corrected chi connectivity index (χ0v) is 9.88. The van der Waals surface area contributed by atoms with Crippen molar-refractivity contribution in [2.45, 2.75) is 38.8 Å². The third-order valence-electron chi connectivity index (χ3n) is 1.46. The molecule has 0 saturated heterocycles. The first-order valence-corrected chi connectivity index (χ1v) is 9.63. The Morgan fingerprint density at radius 1 is 1.09 bits per heavy atom. The van der Waals surface area contributed by atoms with Crippen LogP contribution in [-0.2, 0) is 4.43 Å². The topological polar surface area (TPSA) is 49.7 Å². The first-order valence-electron chi connectivity index (χ1n) is 3.75. The third-order valence-corrected chi connectivity index (χ3v) is 4.73. The van der Waals surface area contributed by atoms with Crippen LogP contribution in [0.15, 0.2) is 0 Å². The summed E-state index contributed by atoms with van der Waals surface area (Å²) in [6, 6.07) is 0. The van der Waals surface area contributed by atoms with Gasteiger partial charge in [-0.2, -0.15) is 0 Å². The maximum Gasteiger partial charge on any atom is 0.329 e. The SMILES string of the molecule is CC(O[Si](C)(C)O)[Si](C)(C)O. The van der Waals surface area contributed by atoms with Crippen molar-refractivity contribution >= 4 is 16.9 Å². The highest BCUT2D eigenvalue weighted by Crippen LogP contribution is 2.12. The average Bonchev–Trinajstić information content (AvgIpc) is 1.56. The van der Waals surface area contributed by atoms with Gasteiger partial charge in [-0.3, -0.25) is 0 Å². The summed E-state index contributed by atoms with van der Waals surface area (Å²) in [4.78, 5) is 19.0. The summed E-state index contributed by atoms with van der Waals surface area (Å²) in [6.45, 7) is 8.82. The molecule has 0 saturated carbocycles. The molecule has 0 aromatic rings. The summed E-state index contributed by atoms with van der Waals surface area (Å²) in [5.74, 6) is 0. The van der Waals surface area contributed by atoms with Crippen LogP contribution in [0.5, 0.6) is 0 Å². The molecule has 1 atom stereocenters. The lowest BCUT2D eigenvalue weighted by molar-refractivity contribution is 0.204. The molecule has 0 aromatic heterocycles. The van der Waals surface area contributed by atoms with Crippen LogP contribution in [0.2, 0.25) is 26.2 Å². The molecule has 3 nitrogen and oxygen atoms in total. The molecule has 0 aliphatic rings. The first kappa shape index (κ1) is 11.3. The van der Waals surface area contributed by atoms with Crippen LogP contribution < -0.4 is 0 Å². The van der Waals surface area contributed by atoms with Crippen molar-refractivity contribution < 1.29 is 14.0 Å². The highest BCUT2D eigenvalue weighted by molar-refractivity contribution is 6.72. The molecule has 0 rings (SSSR count). The predicted molar refractivity (Wildman–Crippen MR) is 49.9 cm³/mol. The molecule has 2 N–H and O–H groups in total. The van der Waals surface area contributed by atoms with E-state index in [1.54, 1.807) is 26.2 Å². The molecule has 0 amide bonds. The lowest BCUT2D eigenvalue weighted by Crippen LogP contribution is -2.48. The smallest absolute Gasteiger partial charge is 0.329 e. The molecule has 0 aliphatic carbocycles. The molecule has 0 radical (unpaired) electrons. The van der Waals surface area contributed by atoms with Gasteiger partial charge in [0, 0.05) is 0 Å².